The van der Waals surface area contributed by atoms with Gasteiger partial charge in [-0.3, -0.25) is 0 Å². The summed E-state index contributed by atoms with van der Waals surface area (Å²) in [5, 5.41) is 0. The summed E-state index contributed by atoms with van der Waals surface area (Å²) in [6.07, 6.45) is 4.04. The summed E-state index contributed by atoms with van der Waals surface area (Å²) in [4.78, 5) is 11.5. The van der Waals surface area contributed by atoms with Gasteiger partial charge in [0.05, 0.1) is 0 Å². The molecule has 0 aromatic heterocycles. The molecular weight excluding hydrogens is 212 g/mol. The van der Waals surface area contributed by atoms with Crippen molar-refractivity contribution in [3.8, 4) is 0 Å². The van der Waals surface area contributed by atoms with Crippen molar-refractivity contribution >= 4 is 5.97 Å². The molecule has 0 aliphatic heterocycles. The Balaban J connectivity index is 4.23. The molecule has 98 valence electrons. The van der Waals surface area contributed by atoms with E-state index in [2.05, 4.69) is 33.8 Å². The van der Waals surface area contributed by atoms with E-state index in [9.17, 15) is 4.79 Å². The van der Waals surface area contributed by atoms with E-state index in [-0.39, 0.29) is 11.4 Å². The Bertz CT molecular complexity index is 316. The third kappa shape index (κ3) is 5.71. The van der Waals surface area contributed by atoms with Crippen molar-refractivity contribution in [2.24, 2.45) is 11.3 Å². The maximum Gasteiger partial charge on any atom is 0.333 e. The van der Waals surface area contributed by atoms with Gasteiger partial charge in [-0.05, 0) is 32.1 Å². The number of allylic oxidation sites excluding steroid dienone is 2. The zero-order valence-electron chi connectivity index (χ0n) is 12.3. The lowest BCUT2D eigenvalue weighted by atomic mass is 9.81. The van der Waals surface area contributed by atoms with Crippen molar-refractivity contribution in [3.63, 3.8) is 0 Å². The van der Waals surface area contributed by atoms with Crippen LogP contribution in [-0.4, -0.2) is 12.6 Å². The Kier molecular flexibility index (Phi) is 6.22. The first-order chi connectivity index (χ1) is 7.68. The van der Waals surface area contributed by atoms with Gasteiger partial charge in [0.1, 0.15) is 6.61 Å². The molecule has 0 aromatic carbocycles. The first-order valence-corrected chi connectivity index (χ1v) is 6.17. The molecule has 0 radical (unpaired) electrons. The summed E-state index contributed by atoms with van der Waals surface area (Å²) >= 11 is 0. The molecule has 0 heterocycles. The van der Waals surface area contributed by atoms with Gasteiger partial charge in [-0.25, -0.2) is 4.79 Å². The van der Waals surface area contributed by atoms with E-state index in [1.165, 1.54) is 0 Å². The van der Waals surface area contributed by atoms with Crippen LogP contribution in [0.5, 0.6) is 0 Å². The Morgan fingerprint density at radius 3 is 2.18 bits per heavy atom. The molecule has 0 amide bonds. The topological polar surface area (TPSA) is 26.3 Å². The molecule has 0 atom stereocenters. The summed E-state index contributed by atoms with van der Waals surface area (Å²) in [6.45, 7) is 14.7. The largest absolute Gasteiger partial charge is 0.458 e. The standard InChI is InChI=1S/C15H26O2/c1-11(2)13(5)14(16)17-10-8-9-15(6,7)12(3)4/h8-9,12H,10H2,1-7H3/b9-8-. The molecule has 2 nitrogen and oxygen atoms in total. The predicted molar refractivity (Wildman–Crippen MR) is 72.8 cm³/mol. The highest BCUT2D eigenvalue weighted by molar-refractivity contribution is 5.88. The van der Waals surface area contributed by atoms with Crippen LogP contribution in [0.2, 0.25) is 0 Å². The maximum absolute atomic E-state index is 11.5. The lowest BCUT2D eigenvalue weighted by molar-refractivity contribution is -0.137. The van der Waals surface area contributed by atoms with Crippen LogP contribution in [0.15, 0.2) is 23.3 Å². The molecule has 0 saturated carbocycles. The number of hydrogen-bond acceptors (Lipinski definition) is 2. The monoisotopic (exact) mass is 238 g/mol. The van der Waals surface area contributed by atoms with E-state index in [1.807, 2.05) is 19.9 Å². The molecule has 0 rings (SSSR count). The maximum atomic E-state index is 11.5. The molecule has 0 saturated heterocycles. The molecule has 17 heavy (non-hydrogen) atoms. The van der Waals surface area contributed by atoms with Crippen molar-refractivity contribution in [1.82, 2.24) is 0 Å². The van der Waals surface area contributed by atoms with Gasteiger partial charge in [-0.2, -0.15) is 0 Å². The lowest BCUT2D eigenvalue weighted by Gasteiger charge is -2.24. The highest BCUT2D eigenvalue weighted by Gasteiger charge is 2.18. The third-order valence-electron chi connectivity index (χ3n) is 3.40. The van der Waals surface area contributed by atoms with E-state index >= 15 is 0 Å². The van der Waals surface area contributed by atoms with E-state index in [0.717, 1.165) is 5.57 Å². The highest BCUT2D eigenvalue weighted by atomic mass is 16.5. The number of rotatable bonds is 5. The molecule has 0 spiro atoms. The fourth-order valence-corrected chi connectivity index (χ4v) is 0.980. The zero-order chi connectivity index (χ0) is 13.6. The Labute approximate surface area is 106 Å². The van der Waals surface area contributed by atoms with Crippen LogP contribution >= 0.6 is 0 Å². The van der Waals surface area contributed by atoms with Crippen molar-refractivity contribution in [3.05, 3.63) is 23.3 Å². The van der Waals surface area contributed by atoms with Gasteiger partial charge in [0, 0.05) is 5.57 Å². The minimum Gasteiger partial charge on any atom is -0.458 e. The summed E-state index contributed by atoms with van der Waals surface area (Å²) in [5.74, 6) is 0.339. The first kappa shape index (κ1) is 16.0. The Morgan fingerprint density at radius 2 is 1.76 bits per heavy atom. The minimum atomic E-state index is -0.225. The molecule has 2 heteroatoms. The van der Waals surface area contributed by atoms with Gasteiger partial charge in [-0.15, -0.1) is 0 Å². The zero-order valence-corrected chi connectivity index (χ0v) is 12.3. The average molecular weight is 238 g/mol. The molecule has 0 aliphatic carbocycles. The summed E-state index contributed by atoms with van der Waals surface area (Å²) in [6, 6.07) is 0. The number of esters is 1. The molecule has 0 unspecified atom stereocenters. The van der Waals surface area contributed by atoms with E-state index in [0.29, 0.717) is 18.1 Å². The van der Waals surface area contributed by atoms with Gasteiger partial charge in [0.15, 0.2) is 0 Å². The van der Waals surface area contributed by atoms with Crippen molar-refractivity contribution in [1.29, 1.82) is 0 Å². The van der Waals surface area contributed by atoms with E-state index < -0.39 is 0 Å². The van der Waals surface area contributed by atoms with Crippen LogP contribution in [-0.2, 0) is 9.53 Å². The fourth-order valence-electron chi connectivity index (χ4n) is 0.980. The van der Waals surface area contributed by atoms with Gasteiger partial charge in [0.2, 0.25) is 0 Å². The highest BCUT2D eigenvalue weighted by Crippen LogP contribution is 2.27. The quantitative estimate of drug-likeness (QED) is 0.409. The number of hydrogen-bond donors (Lipinski definition) is 0. The van der Waals surface area contributed by atoms with Gasteiger partial charge in [0.25, 0.3) is 0 Å². The Hall–Kier alpha value is -1.05. The molecule has 0 bridgehead atoms. The molecule has 0 N–H and O–H groups in total. The second-order valence-corrected chi connectivity index (χ2v) is 5.60. The van der Waals surface area contributed by atoms with E-state index in [1.54, 1.807) is 6.92 Å². The summed E-state index contributed by atoms with van der Waals surface area (Å²) in [5.41, 5.74) is 1.83. The first-order valence-electron chi connectivity index (χ1n) is 6.17. The number of ether oxygens (including phenoxy) is 1. The third-order valence-corrected chi connectivity index (χ3v) is 3.40. The number of carbonyl (C=O) groups excluding carboxylic acids is 1. The molecule has 0 aliphatic rings. The minimum absolute atomic E-state index is 0.137. The second kappa shape index (κ2) is 6.63. The van der Waals surface area contributed by atoms with Crippen LogP contribution in [0.25, 0.3) is 0 Å². The summed E-state index contributed by atoms with van der Waals surface area (Å²) < 4.78 is 5.16. The Morgan fingerprint density at radius 1 is 1.24 bits per heavy atom. The molecular formula is C15H26O2. The van der Waals surface area contributed by atoms with Gasteiger partial charge in [-0.1, -0.05) is 45.4 Å². The normalized spacial score (nSPS) is 12.0. The van der Waals surface area contributed by atoms with Crippen LogP contribution in [0, 0.1) is 11.3 Å². The SMILES string of the molecule is CC(C)=C(C)C(=O)OC/C=C\C(C)(C)C(C)C. The van der Waals surface area contributed by atoms with Crippen molar-refractivity contribution < 1.29 is 9.53 Å². The molecule has 0 fully saturated rings. The average Bonchev–Trinajstić information content (AvgIpc) is 2.22. The molecule has 0 aromatic rings. The van der Waals surface area contributed by atoms with Crippen LogP contribution in [0.1, 0.15) is 48.5 Å². The predicted octanol–water partition coefficient (Wildman–Crippen LogP) is 4.12. The number of carbonyl (C=O) groups is 1. The van der Waals surface area contributed by atoms with Crippen molar-refractivity contribution in [2.45, 2.75) is 48.5 Å². The van der Waals surface area contributed by atoms with Crippen LogP contribution < -0.4 is 0 Å². The summed E-state index contributed by atoms with van der Waals surface area (Å²) in [7, 11) is 0. The van der Waals surface area contributed by atoms with Gasteiger partial charge < -0.3 is 4.74 Å². The van der Waals surface area contributed by atoms with Crippen LogP contribution in [0.4, 0.5) is 0 Å². The van der Waals surface area contributed by atoms with E-state index in [4.69, 9.17) is 4.74 Å². The van der Waals surface area contributed by atoms with Gasteiger partial charge >= 0.3 is 5.97 Å². The lowest BCUT2D eigenvalue weighted by Crippen LogP contribution is -2.16. The van der Waals surface area contributed by atoms with Crippen molar-refractivity contribution in [2.75, 3.05) is 6.61 Å². The smallest absolute Gasteiger partial charge is 0.333 e. The fraction of sp³-hybridized carbons (Fsp3) is 0.667. The second-order valence-electron chi connectivity index (χ2n) is 5.60. The van der Waals surface area contributed by atoms with Crippen LogP contribution in [0.3, 0.4) is 0 Å².